The first-order valence-corrected chi connectivity index (χ1v) is 9.93. The molecule has 1 fully saturated rings. The molecule has 1 aliphatic rings. The van der Waals surface area contributed by atoms with Gasteiger partial charge in [0.05, 0.1) is 33.1 Å². The minimum atomic E-state index is -0.270. The Hall–Kier alpha value is -3.59. The van der Waals surface area contributed by atoms with Crippen molar-refractivity contribution in [3.8, 4) is 11.5 Å². The molecule has 0 spiro atoms. The zero-order valence-corrected chi connectivity index (χ0v) is 17.4. The Morgan fingerprint density at radius 3 is 2.65 bits per heavy atom. The van der Waals surface area contributed by atoms with E-state index in [4.69, 9.17) is 14.2 Å². The SMILES string of the molecule is COc1cc(/C=N/NC(=O)CNc2ccccc2)ccc1OCC(=O)N1CCOCC1. The molecule has 0 saturated carbocycles. The predicted octanol–water partition coefficient (Wildman–Crippen LogP) is 1.49. The van der Waals surface area contributed by atoms with Crippen LogP contribution in [-0.2, 0) is 14.3 Å². The molecular weight excluding hydrogens is 400 g/mol. The topological polar surface area (TPSA) is 101 Å². The molecule has 1 aliphatic heterocycles. The number of methoxy groups -OCH3 is 1. The van der Waals surface area contributed by atoms with Gasteiger partial charge in [0, 0.05) is 18.8 Å². The fourth-order valence-electron chi connectivity index (χ4n) is 2.88. The van der Waals surface area contributed by atoms with Gasteiger partial charge in [0.2, 0.25) is 0 Å². The van der Waals surface area contributed by atoms with E-state index in [0.717, 1.165) is 5.69 Å². The van der Waals surface area contributed by atoms with E-state index in [1.807, 2.05) is 30.3 Å². The zero-order valence-electron chi connectivity index (χ0n) is 17.4. The van der Waals surface area contributed by atoms with Crippen LogP contribution in [0.4, 0.5) is 5.69 Å². The first kappa shape index (κ1) is 22.1. The van der Waals surface area contributed by atoms with Crippen molar-refractivity contribution in [3.63, 3.8) is 0 Å². The fourth-order valence-corrected chi connectivity index (χ4v) is 2.88. The van der Waals surface area contributed by atoms with Gasteiger partial charge in [-0.1, -0.05) is 18.2 Å². The largest absolute Gasteiger partial charge is 0.493 e. The summed E-state index contributed by atoms with van der Waals surface area (Å²) in [6.45, 7) is 2.26. The number of nitrogens with zero attached hydrogens (tertiary/aromatic N) is 2. The fraction of sp³-hybridized carbons (Fsp3) is 0.318. The van der Waals surface area contributed by atoms with Crippen LogP contribution in [0.25, 0.3) is 0 Å². The molecule has 0 unspecified atom stereocenters. The van der Waals surface area contributed by atoms with Crippen molar-refractivity contribution in [2.24, 2.45) is 5.10 Å². The van der Waals surface area contributed by atoms with Gasteiger partial charge in [-0.25, -0.2) is 5.43 Å². The van der Waals surface area contributed by atoms with Crippen molar-refractivity contribution in [1.29, 1.82) is 0 Å². The van der Waals surface area contributed by atoms with Gasteiger partial charge in [-0.3, -0.25) is 9.59 Å². The average Bonchev–Trinajstić information content (AvgIpc) is 2.82. The standard InChI is InChI=1S/C22H26N4O5/c1-29-20-13-17(14-24-25-21(27)15-23-18-5-3-2-4-6-18)7-8-19(20)31-16-22(28)26-9-11-30-12-10-26/h2-8,13-14,23H,9-12,15-16H2,1H3,(H,25,27)/b24-14+. The maximum atomic E-state index is 12.2. The van der Waals surface area contributed by atoms with Gasteiger partial charge in [-0.15, -0.1) is 0 Å². The molecule has 0 atom stereocenters. The van der Waals surface area contributed by atoms with Crippen LogP contribution < -0.4 is 20.2 Å². The molecule has 9 nitrogen and oxygen atoms in total. The van der Waals surface area contributed by atoms with Crippen LogP contribution in [-0.4, -0.2) is 69.5 Å². The molecule has 2 amide bonds. The van der Waals surface area contributed by atoms with Gasteiger partial charge in [-0.2, -0.15) is 5.10 Å². The van der Waals surface area contributed by atoms with E-state index >= 15 is 0 Å². The lowest BCUT2D eigenvalue weighted by molar-refractivity contribution is -0.137. The number of nitrogens with one attached hydrogen (secondary N) is 2. The van der Waals surface area contributed by atoms with Gasteiger partial charge >= 0.3 is 0 Å². The second-order valence-corrected chi connectivity index (χ2v) is 6.70. The van der Waals surface area contributed by atoms with Crippen molar-refractivity contribution in [1.82, 2.24) is 10.3 Å². The molecule has 2 N–H and O–H groups in total. The Kier molecular flexibility index (Phi) is 8.24. The van der Waals surface area contributed by atoms with Crippen molar-refractivity contribution in [3.05, 3.63) is 54.1 Å². The van der Waals surface area contributed by atoms with Crippen LogP contribution in [0, 0.1) is 0 Å². The van der Waals surface area contributed by atoms with E-state index in [1.165, 1.54) is 13.3 Å². The molecule has 3 rings (SSSR count). The molecule has 1 heterocycles. The first-order chi connectivity index (χ1) is 15.2. The summed E-state index contributed by atoms with van der Waals surface area (Å²) in [5, 5.41) is 6.97. The number of amides is 2. The number of hydrogen-bond donors (Lipinski definition) is 2. The van der Waals surface area contributed by atoms with Crippen molar-refractivity contribution in [2.45, 2.75) is 0 Å². The van der Waals surface area contributed by atoms with Crippen LogP contribution in [0.3, 0.4) is 0 Å². The highest BCUT2D eigenvalue weighted by Gasteiger charge is 2.18. The van der Waals surface area contributed by atoms with Crippen LogP contribution in [0.1, 0.15) is 5.56 Å². The molecule has 0 radical (unpaired) electrons. The molecule has 31 heavy (non-hydrogen) atoms. The number of carbonyl (C=O) groups is 2. The average molecular weight is 426 g/mol. The second kappa shape index (κ2) is 11.6. The summed E-state index contributed by atoms with van der Waals surface area (Å²) in [5.41, 5.74) is 4.03. The van der Waals surface area contributed by atoms with Crippen molar-refractivity contribution in [2.75, 3.05) is 51.9 Å². The Balaban J connectivity index is 1.48. The lowest BCUT2D eigenvalue weighted by atomic mass is 10.2. The Bertz CT molecular complexity index is 898. The first-order valence-electron chi connectivity index (χ1n) is 9.93. The van der Waals surface area contributed by atoms with E-state index < -0.39 is 0 Å². The summed E-state index contributed by atoms with van der Waals surface area (Å²) >= 11 is 0. The Labute approximate surface area is 181 Å². The maximum Gasteiger partial charge on any atom is 0.260 e. The third-order valence-corrected chi connectivity index (χ3v) is 4.53. The van der Waals surface area contributed by atoms with Gasteiger partial charge in [0.15, 0.2) is 18.1 Å². The van der Waals surface area contributed by atoms with Crippen molar-refractivity contribution >= 4 is 23.7 Å². The molecule has 0 aliphatic carbocycles. The normalized spacial score (nSPS) is 13.6. The highest BCUT2D eigenvalue weighted by Crippen LogP contribution is 2.27. The lowest BCUT2D eigenvalue weighted by Gasteiger charge is -2.26. The number of carbonyl (C=O) groups excluding carboxylic acids is 2. The second-order valence-electron chi connectivity index (χ2n) is 6.70. The number of rotatable bonds is 9. The van der Waals surface area contributed by atoms with Crippen LogP contribution >= 0.6 is 0 Å². The summed E-state index contributed by atoms with van der Waals surface area (Å²) in [4.78, 5) is 25.8. The number of ether oxygens (including phenoxy) is 3. The summed E-state index contributed by atoms with van der Waals surface area (Å²) in [7, 11) is 1.52. The maximum absolute atomic E-state index is 12.2. The third-order valence-electron chi connectivity index (χ3n) is 4.53. The lowest BCUT2D eigenvalue weighted by Crippen LogP contribution is -2.43. The highest BCUT2D eigenvalue weighted by atomic mass is 16.5. The number of hydrogen-bond acceptors (Lipinski definition) is 7. The molecule has 164 valence electrons. The number of para-hydroxylation sites is 1. The van der Waals surface area contributed by atoms with E-state index in [2.05, 4.69) is 15.8 Å². The molecule has 1 saturated heterocycles. The number of morpholine rings is 1. The zero-order chi connectivity index (χ0) is 21.9. The molecule has 2 aromatic rings. The van der Waals surface area contributed by atoms with Gasteiger partial charge in [0.1, 0.15) is 0 Å². The summed E-state index contributed by atoms with van der Waals surface area (Å²) in [5.74, 6) is 0.560. The number of hydrazone groups is 1. The smallest absolute Gasteiger partial charge is 0.260 e. The predicted molar refractivity (Wildman–Crippen MR) is 117 cm³/mol. The van der Waals surface area contributed by atoms with Gasteiger partial charge < -0.3 is 24.4 Å². The minimum absolute atomic E-state index is 0.0751. The Morgan fingerprint density at radius 2 is 1.90 bits per heavy atom. The summed E-state index contributed by atoms with van der Waals surface area (Å²) in [6.07, 6.45) is 1.51. The van der Waals surface area contributed by atoms with Gasteiger partial charge in [-0.05, 0) is 35.9 Å². The summed E-state index contributed by atoms with van der Waals surface area (Å²) in [6, 6.07) is 14.6. The summed E-state index contributed by atoms with van der Waals surface area (Å²) < 4.78 is 16.2. The van der Waals surface area contributed by atoms with E-state index in [1.54, 1.807) is 23.1 Å². The molecule has 0 aromatic heterocycles. The molecule has 0 bridgehead atoms. The highest BCUT2D eigenvalue weighted by molar-refractivity contribution is 5.85. The van der Waals surface area contributed by atoms with E-state index in [0.29, 0.717) is 43.4 Å². The van der Waals surface area contributed by atoms with Crippen LogP contribution in [0.15, 0.2) is 53.6 Å². The monoisotopic (exact) mass is 426 g/mol. The molecule has 2 aromatic carbocycles. The number of benzene rings is 2. The minimum Gasteiger partial charge on any atom is -0.493 e. The third kappa shape index (κ3) is 7.00. The van der Waals surface area contributed by atoms with Crippen molar-refractivity contribution < 1.29 is 23.8 Å². The van der Waals surface area contributed by atoms with Crippen LogP contribution in [0.5, 0.6) is 11.5 Å². The quantitative estimate of drug-likeness (QED) is 0.465. The van der Waals surface area contributed by atoms with E-state index in [-0.39, 0.29) is 25.0 Å². The molecule has 9 heteroatoms. The number of anilines is 1. The van der Waals surface area contributed by atoms with Gasteiger partial charge in [0.25, 0.3) is 11.8 Å². The van der Waals surface area contributed by atoms with Crippen LogP contribution in [0.2, 0.25) is 0 Å². The molecular formula is C22H26N4O5. The Morgan fingerprint density at radius 1 is 1.13 bits per heavy atom. The van der Waals surface area contributed by atoms with E-state index in [9.17, 15) is 9.59 Å².